The molecule has 6 aromatic carbocycles. The molecule has 0 spiro atoms. The molecule has 4 heteroatoms. The number of para-hydroxylation sites is 2. The molecule has 3 aromatic heterocycles. The van der Waals surface area contributed by atoms with E-state index < -0.39 is 0 Å². The van der Waals surface area contributed by atoms with Gasteiger partial charge in [-0.25, -0.2) is 9.97 Å². The smallest absolute Gasteiger partial charge is 0.235 e. The lowest BCUT2D eigenvalue weighted by atomic mass is 10.0. The van der Waals surface area contributed by atoms with E-state index in [2.05, 4.69) is 102 Å². The maximum atomic E-state index is 6.64. The van der Waals surface area contributed by atoms with E-state index in [4.69, 9.17) is 14.4 Å². The molecule has 0 fully saturated rings. The number of furan rings is 1. The summed E-state index contributed by atoms with van der Waals surface area (Å²) >= 11 is 0. The third-order valence-corrected chi connectivity index (χ3v) is 7.98. The van der Waals surface area contributed by atoms with Crippen LogP contribution in [-0.2, 0) is 0 Å². The molecule has 0 atom stereocenters. The van der Waals surface area contributed by atoms with Crippen molar-refractivity contribution in [3.63, 3.8) is 0 Å². The van der Waals surface area contributed by atoms with E-state index in [0.717, 1.165) is 65.9 Å². The highest BCUT2D eigenvalue weighted by Gasteiger charge is 2.21. The second-order valence-corrected chi connectivity index (χ2v) is 10.2. The Morgan fingerprint density at radius 3 is 2.12 bits per heavy atom. The summed E-state index contributed by atoms with van der Waals surface area (Å²) in [5.41, 5.74) is 6.75. The predicted octanol–water partition coefficient (Wildman–Crippen LogP) is 9.45. The normalized spacial score (nSPS) is 12.0. The summed E-state index contributed by atoms with van der Waals surface area (Å²) in [5.74, 6) is 0.643. The van der Waals surface area contributed by atoms with Crippen molar-refractivity contribution in [2.75, 3.05) is 0 Å². The minimum absolute atomic E-state index is 0.643. The van der Waals surface area contributed by atoms with Crippen LogP contribution < -0.4 is 0 Å². The van der Waals surface area contributed by atoms with Crippen LogP contribution in [0, 0.1) is 0 Å². The maximum Gasteiger partial charge on any atom is 0.235 e. The lowest BCUT2D eigenvalue weighted by Gasteiger charge is -2.11. The lowest BCUT2D eigenvalue weighted by Crippen LogP contribution is -2.03. The molecule has 0 aliphatic rings. The second kappa shape index (κ2) is 8.01. The zero-order valence-corrected chi connectivity index (χ0v) is 21.4. The van der Waals surface area contributed by atoms with Crippen molar-refractivity contribution in [2.24, 2.45) is 0 Å². The van der Waals surface area contributed by atoms with Crippen LogP contribution in [0.1, 0.15) is 0 Å². The minimum atomic E-state index is 0.643. The van der Waals surface area contributed by atoms with Crippen LogP contribution in [-0.4, -0.2) is 14.5 Å². The zero-order chi connectivity index (χ0) is 26.2. The van der Waals surface area contributed by atoms with Gasteiger partial charge in [-0.1, -0.05) is 91.0 Å². The Morgan fingerprint density at radius 1 is 0.525 bits per heavy atom. The number of aromatic nitrogens is 3. The van der Waals surface area contributed by atoms with Gasteiger partial charge in [0.25, 0.3) is 0 Å². The Balaban J connectivity index is 1.41. The molecule has 3 heterocycles. The third kappa shape index (κ3) is 2.96. The molecule has 0 saturated heterocycles. The first kappa shape index (κ1) is 21.5. The average Bonchev–Trinajstić information content (AvgIpc) is 3.55. The molecular formula is C36H21N3O. The number of fused-ring (bicyclic) bond motifs is 9. The Morgan fingerprint density at radius 2 is 1.25 bits per heavy atom. The molecule has 0 aliphatic heterocycles. The van der Waals surface area contributed by atoms with Crippen molar-refractivity contribution in [3.8, 4) is 17.2 Å². The highest BCUT2D eigenvalue weighted by atomic mass is 16.3. The molecule has 0 N–H and O–H groups in total. The van der Waals surface area contributed by atoms with E-state index in [9.17, 15) is 0 Å². The van der Waals surface area contributed by atoms with Crippen molar-refractivity contribution < 1.29 is 4.42 Å². The van der Waals surface area contributed by atoms with Crippen molar-refractivity contribution in [3.05, 3.63) is 127 Å². The van der Waals surface area contributed by atoms with E-state index >= 15 is 0 Å². The average molecular weight is 512 g/mol. The number of hydrogen-bond donors (Lipinski definition) is 0. The van der Waals surface area contributed by atoms with Gasteiger partial charge in [-0.2, -0.15) is 0 Å². The van der Waals surface area contributed by atoms with Gasteiger partial charge in [-0.05, 0) is 47.2 Å². The van der Waals surface area contributed by atoms with Gasteiger partial charge in [-0.15, -0.1) is 0 Å². The summed E-state index contributed by atoms with van der Waals surface area (Å²) in [7, 11) is 0. The van der Waals surface area contributed by atoms with Crippen LogP contribution in [0.2, 0.25) is 0 Å². The van der Waals surface area contributed by atoms with Gasteiger partial charge in [0.05, 0.1) is 27.6 Å². The fourth-order valence-corrected chi connectivity index (χ4v) is 6.17. The molecule has 0 radical (unpaired) electrons. The van der Waals surface area contributed by atoms with Crippen molar-refractivity contribution in [2.45, 2.75) is 0 Å². The van der Waals surface area contributed by atoms with Crippen LogP contribution in [0.5, 0.6) is 0 Å². The van der Waals surface area contributed by atoms with Gasteiger partial charge in [0.2, 0.25) is 5.95 Å². The minimum Gasteiger partial charge on any atom is -0.455 e. The van der Waals surface area contributed by atoms with Crippen LogP contribution in [0.25, 0.3) is 82.6 Å². The molecule has 40 heavy (non-hydrogen) atoms. The van der Waals surface area contributed by atoms with Gasteiger partial charge in [0.1, 0.15) is 11.2 Å². The van der Waals surface area contributed by atoms with E-state index in [1.165, 1.54) is 10.8 Å². The number of rotatable bonds is 2. The monoisotopic (exact) mass is 511 g/mol. The fraction of sp³-hybridized carbons (Fsp3) is 0. The number of benzene rings is 6. The van der Waals surface area contributed by atoms with Crippen LogP contribution in [0.3, 0.4) is 0 Å². The molecule has 4 nitrogen and oxygen atoms in total. The quantitative estimate of drug-likeness (QED) is 0.232. The standard InChI is InChI=1S/C36H21N3O/c1-2-10-22(11-3-1)34-26-14-6-8-16-29(26)37-36(38-34)39-30-17-9-7-15-27(30)33-31(39)19-18-25-28-20-23-12-4-5-13-24(23)21-32(28)40-35(25)33/h1-21H. The highest BCUT2D eigenvalue weighted by molar-refractivity contribution is 6.24. The Hall–Kier alpha value is -5.48. The van der Waals surface area contributed by atoms with E-state index in [1.54, 1.807) is 0 Å². The van der Waals surface area contributed by atoms with Gasteiger partial charge >= 0.3 is 0 Å². The SMILES string of the molecule is c1ccc(-c2nc(-n3c4ccccc4c4c5oc6cc7ccccc7cc6c5ccc43)nc3ccccc23)cc1. The van der Waals surface area contributed by atoms with Crippen LogP contribution in [0.15, 0.2) is 132 Å². The molecule has 0 unspecified atom stereocenters. The van der Waals surface area contributed by atoms with E-state index in [1.807, 2.05) is 30.3 Å². The predicted molar refractivity (Wildman–Crippen MR) is 164 cm³/mol. The van der Waals surface area contributed by atoms with Crippen molar-refractivity contribution in [1.29, 1.82) is 0 Å². The van der Waals surface area contributed by atoms with Crippen LogP contribution >= 0.6 is 0 Å². The van der Waals surface area contributed by atoms with Crippen molar-refractivity contribution in [1.82, 2.24) is 14.5 Å². The summed E-state index contributed by atoms with van der Waals surface area (Å²) in [4.78, 5) is 10.3. The van der Waals surface area contributed by atoms with Gasteiger partial charge in [0, 0.05) is 27.1 Å². The zero-order valence-electron chi connectivity index (χ0n) is 21.4. The van der Waals surface area contributed by atoms with Gasteiger partial charge < -0.3 is 4.42 Å². The Labute approximate surface area is 228 Å². The van der Waals surface area contributed by atoms with Gasteiger partial charge in [-0.3, -0.25) is 4.57 Å². The number of nitrogens with zero attached hydrogens (tertiary/aromatic N) is 3. The highest BCUT2D eigenvalue weighted by Crippen LogP contribution is 2.41. The third-order valence-electron chi connectivity index (χ3n) is 7.98. The lowest BCUT2D eigenvalue weighted by molar-refractivity contribution is 0.673. The summed E-state index contributed by atoms with van der Waals surface area (Å²) in [6.07, 6.45) is 0. The Kier molecular flexibility index (Phi) is 4.30. The summed E-state index contributed by atoms with van der Waals surface area (Å²) in [5, 5.41) is 7.84. The van der Waals surface area contributed by atoms with E-state index in [0.29, 0.717) is 5.95 Å². The topological polar surface area (TPSA) is 43.9 Å². The summed E-state index contributed by atoms with van der Waals surface area (Å²) in [6.45, 7) is 0. The maximum absolute atomic E-state index is 6.64. The molecule has 0 saturated carbocycles. The first-order valence-electron chi connectivity index (χ1n) is 13.4. The van der Waals surface area contributed by atoms with Crippen molar-refractivity contribution >= 4 is 65.4 Å². The molecule has 0 bridgehead atoms. The molecule has 9 aromatic rings. The first-order valence-corrected chi connectivity index (χ1v) is 13.4. The largest absolute Gasteiger partial charge is 0.455 e. The first-order chi connectivity index (χ1) is 19.8. The molecular weight excluding hydrogens is 490 g/mol. The fourth-order valence-electron chi connectivity index (χ4n) is 6.17. The summed E-state index contributed by atoms with van der Waals surface area (Å²) < 4.78 is 8.81. The second-order valence-electron chi connectivity index (χ2n) is 10.2. The van der Waals surface area contributed by atoms with Gasteiger partial charge in [0.15, 0.2) is 0 Å². The number of hydrogen-bond acceptors (Lipinski definition) is 3. The molecule has 186 valence electrons. The molecule has 0 aliphatic carbocycles. The molecule has 0 amide bonds. The molecule has 9 rings (SSSR count). The van der Waals surface area contributed by atoms with E-state index in [-0.39, 0.29) is 0 Å². The Bertz CT molecular complexity index is 2430. The van der Waals surface area contributed by atoms with Crippen LogP contribution in [0.4, 0.5) is 0 Å². The summed E-state index contributed by atoms with van der Waals surface area (Å²) in [6, 6.07) is 44.2.